The number of amides is 2. The first-order chi connectivity index (χ1) is 13.2. The van der Waals surface area contributed by atoms with Gasteiger partial charge < -0.3 is 9.80 Å². The normalized spacial score (nSPS) is 15.0. The summed E-state index contributed by atoms with van der Waals surface area (Å²) in [4.78, 5) is 32.9. The number of fused-ring (bicyclic) bond motifs is 1. The summed E-state index contributed by atoms with van der Waals surface area (Å²) >= 11 is 0. The predicted octanol–water partition coefficient (Wildman–Crippen LogP) is 3.11. The number of carbonyl (C=O) groups is 2. The molecular weight excluding hydrogens is 338 g/mol. The molecule has 0 radical (unpaired) electrons. The highest BCUT2D eigenvalue weighted by atomic mass is 16.2. The van der Waals surface area contributed by atoms with Crippen LogP contribution in [0.15, 0.2) is 66.9 Å². The number of nitrogens with zero attached hydrogens (tertiary/aromatic N) is 3. The molecule has 0 unspecified atom stereocenters. The lowest BCUT2D eigenvalue weighted by Crippen LogP contribution is -2.36. The molecular formula is C22H21N3O2. The van der Waals surface area contributed by atoms with Crippen molar-refractivity contribution < 1.29 is 9.59 Å². The summed E-state index contributed by atoms with van der Waals surface area (Å²) in [6, 6.07) is 19.8. The highest BCUT2D eigenvalue weighted by Gasteiger charge is 2.25. The maximum atomic E-state index is 12.6. The fourth-order valence-electron chi connectivity index (χ4n) is 3.45. The van der Waals surface area contributed by atoms with Crippen LogP contribution in [0.4, 0.5) is 0 Å². The molecule has 1 aliphatic rings. The standard InChI is InChI=1S/C22H21N3O2/c26-21-10-12-24(22(27)20-7-3-4-11-23-20)13-14-25(21)16-17-8-9-18-5-1-2-6-19(18)15-17/h1-9,11,15H,10,12-14,16H2. The second-order valence-electron chi connectivity index (χ2n) is 6.75. The highest BCUT2D eigenvalue weighted by molar-refractivity contribution is 5.92. The van der Waals surface area contributed by atoms with Gasteiger partial charge in [-0.1, -0.05) is 42.5 Å². The number of hydrogen-bond donors (Lipinski definition) is 0. The zero-order valence-corrected chi connectivity index (χ0v) is 15.0. The molecule has 2 aromatic carbocycles. The minimum absolute atomic E-state index is 0.0829. The van der Waals surface area contributed by atoms with Crippen LogP contribution in [0, 0.1) is 0 Å². The average molecular weight is 359 g/mol. The SMILES string of the molecule is O=C1CCN(C(=O)c2ccccn2)CCN1Cc1ccc2ccccc2c1. The second kappa shape index (κ2) is 7.58. The van der Waals surface area contributed by atoms with Crippen molar-refractivity contribution in [2.24, 2.45) is 0 Å². The Morgan fingerprint density at radius 2 is 1.74 bits per heavy atom. The van der Waals surface area contributed by atoms with Gasteiger partial charge in [0.1, 0.15) is 5.69 Å². The molecule has 2 heterocycles. The molecule has 0 spiro atoms. The van der Waals surface area contributed by atoms with Crippen LogP contribution in [0.1, 0.15) is 22.5 Å². The number of carbonyl (C=O) groups excluding carboxylic acids is 2. The predicted molar refractivity (Wildman–Crippen MR) is 104 cm³/mol. The number of aromatic nitrogens is 1. The highest BCUT2D eigenvalue weighted by Crippen LogP contribution is 2.18. The smallest absolute Gasteiger partial charge is 0.272 e. The Hall–Kier alpha value is -3.21. The molecule has 136 valence electrons. The van der Waals surface area contributed by atoms with E-state index in [4.69, 9.17) is 0 Å². The molecule has 0 bridgehead atoms. The van der Waals surface area contributed by atoms with Crippen molar-refractivity contribution in [2.45, 2.75) is 13.0 Å². The lowest BCUT2D eigenvalue weighted by molar-refractivity contribution is -0.130. The van der Waals surface area contributed by atoms with E-state index in [0.717, 1.165) is 5.56 Å². The number of rotatable bonds is 3. The van der Waals surface area contributed by atoms with E-state index in [0.29, 0.717) is 38.3 Å². The van der Waals surface area contributed by atoms with Crippen molar-refractivity contribution in [1.82, 2.24) is 14.8 Å². The van der Waals surface area contributed by atoms with Gasteiger partial charge in [0.25, 0.3) is 5.91 Å². The van der Waals surface area contributed by atoms with E-state index in [2.05, 4.69) is 35.3 Å². The van der Waals surface area contributed by atoms with E-state index < -0.39 is 0 Å². The summed E-state index contributed by atoms with van der Waals surface area (Å²) in [6.07, 6.45) is 1.95. The first-order valence-electron chi connectivity index (χ1n) is 9.16. The molecule has 2 amide bonds. The van der Waals surface area contributed by atoms with Gasteiger partial charge in [-0.2, -0.15) is 0 Å². The number of pyridine rings is 1. The van der Waals surface area contributed by atoms with Crippen molar-refractivity contribution in [1.29, 1.82) is 0 Å². The summed E-state index contributed by atoms with van der Waals surface area (Å²) in [5.74, 6) is -0.0320. The maximum Gasteiger partial charge on any atom is 0.272 e. The molecule has 1 aliphatic heterocycles. The number of benzene rings is 2. The van der Waals surface area contributed by atoms with Gasteiger partial charge in [-0.05, 0) is 34.5 Å². The van der Waals surface area contributed by atoms with Gasteiger partial charge in [-0.15, -0.1) is 0 Å². The van der Waals surface area contributed by atoms with E-state index in [-0.39, 0.29) is 11.8 Å². The van der Waals surface area contributed by atoms with E-state index in [1.165, 1.54) is 10.8 Å². The Morgan fingerprint density at radius 1 is 0.926 bits per heavy atom. The Labute approximate surface area is 158 Å². The third kappa shape index (κ3) is 3.82. The molecule has 4 rings (SSSR count). The summed E-state index contributed by atoms with van der Waals surface area (Å²) < 4.78 is 0. The molecule has 1 aromatic heterocycles. The molecule has 27 heavy (non-hydrogen) atoms. The molecule has 1 saturated heterocycles. The molecule has 1 fully saturated rings. The Bertz CT molecular complexity index is 971. The van der Waals surface area contributed by atoms with Gasteiger partial charge in [0.2, 0.25) is 5.91 Å². The van der Waals surface area contributed by atoms with Gasteiger partial charge in [0.05, 0.1) is 0 Å². The van der Waals surface area contributed by atoms with Gasteiger partial charge in [-0.3, -0.25) is 14.6 Å². The monoisotopic (exact) mass is 359 g/mol. The minimum atomic E-state index is -0.115. The van der Waals surface area contributed by atoms with E-state index in [9.17, 15) is 9.59 Å². The van der Waals surface area contributed by atoms with E-state index >= 15 is 0 Å². The first-order valence-corrected chi connectivity index (χ1v) is 9.16. The Balaban J connectivity index is 1.46. The van der Waals surface area contributed by atoms with Crippen LogP contribution >= 0.6 is 0 Å². The fraction of sp³-hybridized carbons (Fsp3) is 0.227. The Morgan fingerprint density at radius 3 is 2.56 bits per heavy atom. The first kappa shape index (κ1) is 17.2. The van der Waals surface area contributed by atoms with Gasteiger partial charge in [0, 0.05) is 38.8 Å². The maximum absolute atomic E-state index is 12.6. The molecule has 0 aliphatic carbocycles. The van der Waals surface area contributed by atoms with Gasteiger partial charge in [0.15, 0.2) is 0 Å². The average Bonchev–Trinajstić information content (AvgIpc) is 2.90. The third-order valence-electron chi connectivity index (χ3n) is 4.95. The quantitative estimate of drug-likeness (QED) is 0.722. The second-order valence-corrected chi connectivity index (χ2v) is 6.75. The summed E-state index contributed by atoms with van der Waals surface area (Å²) in [5, 5.41) is 2.36. The zero-order chi connectivity index (χ0) is 18.6. The zero-order valence-electron chi connectivity index (χ0n) is 15.0. The van der Waals surface area contributed by atoms with Crippen LogP contribution < -0.4 is 0 Å². The molecule has 5 heteroatoms. The minimum Gasteiger partial charge on any atom is -0.337 e. The Kier molecular flexibility index (Phi) is 4.83. The third-order valence-corrected chi connectivity index (χ3v) is 4.95. The topological polar surface area (TPSA) is 53.5 Å². The van der Waals surface area contributed by atoms with Crippen molar-refractivity contribution >= 4 is 22.6 Å². The van der Waals surface area contributed by atoms with Crippen LogP contribution in [-0.2, 0) is 11.3 Å². The lowest BCUT2D eigenvalue weighted by atomic mass is 10.1. The van der Waals surface area contributed by atoms with Crippen LogP contribution in [0.2, 0.25) is 0 Å². The van der Waals surface area contributed by atoms with Crippen LogP contribution in [-0.4, -0.2) is 46.2 Å². The largest absolute Gasteiger partial charge is 0.337 e. The lowest BCUT2D eigenvalue weighted by Gasteiger charge is -2.22. The van der Waals surface area contributed by atoms with Crippen molar-refractivity contribution in [3.63, 3.8) is 0 Å². The molecule has 0 N–H and O–H groups in total. The van der Waals surface area contributed by atoms with E-state index in [1.807, 2.05) is 17.0 Å². The van der Waals surface area contributed by atoms with Crippen molar-refractivity contribution in [3.8, 4) is 0 Å². The molecule has 3 aromatic rings. The van der Waals surface area contributed by atoms with Crippen LogP contribution in [0.5, 0.6) is 0 Å². The van der Waals surface area contributed by atoms with Crippen LogP contribution in [0.25, 0.3) is 10.8 Å². The van der Waals surface area contributed by atoms with Crippen molar-refractivity contribution in [3.05, 3.63) is 78.1 Å². The van der Waals surface area contributed by atoms with Crippen LogP contribution in [0.3, 0.4) is 0 Å². The van der Waals surface area contributed by atoms with Crippen molar-refractivity contribution in [2.75, 3.05) is 19.6 Å². The molecule has 0 saturated carbocycles. The van der Waals surface area contributed by atoms with Gasteiger partial charge >= 0.3 is 0 Å². The molecule has 5 nitrogen and oxygen atoms in total. The van der Waals surface area contributed by atoms with E-state index in [1.54, 1.807) is 29.3 Å². The summed E-state index contributed by atoms with van der Waals surface area (Å²) in [6.45, 7) is 2.05. The van der Waals surface area contributed by atoms with Gasteiger partial charge in [-0.25, -0.2) is 0 Å². The molecule has 0 atom stereocenters. The summed E-state index contributed by atoms with van der Waals surface area (Å²) in [5.41, 5.74) is 1.53. The number of hydrogen-bond acceptors (Lipinski definition) is 3. The fourth-order valence-corrected chi connectivity index (χ4v) is 3.45. The summed E-state index contributed by atoms with van der Waals surface area (Å²) in [7, 11) is 0.